The number of hydrogen-bond donors (Lipinski definition) is 1. The third-order valence-electron chi connectivity index (χ3n) is 2.07. The Labute approximate surface area is 108 Å². The van der Waals surface area contributed by atoms with Crippen molar-refractivity contribution in [1.82, 2.24) is 5.32 Å². The van der Waals surface area contributed by atoms with Crippen molar-refractivity contribution in [3.05, 3.63) is 35.9 Å². The first kappa shape index (κ1) is 13.7. The van der Waals surface area contributed by atoms with Crippen LogP contribution in [-0.4, -0.2) is 29.9 Å². The van der Waals surface area contributed by atoms with Crippen LogP contribution >= 0.6 is 15.9 Å². The molecule has 4 nitrogen and oxygen atoms in total. The SMILES string of the molecule is CCOC(=O)[C@H](CBr)NC(=O)c1ccccc1. The van der Waals surface area contributed by atoms with E-state index in [1.54, 1.807) is 31.2 Å². The summed E-state index contributed by atoms with van der Waals surface area (Å²) in [7, 11) is 0. The lowest BCUT2D eigenvalue weighted by atomic mass is 10.2. The van der Waals surface area contributed by atoms with E-state index in [0.29, 0.717) is 17.5 Å². The van der Waals surface area contributed by atoms with Gasteiger partial charge in [0.25, 0.3) is 5.91 Å². The molecule has 0 radical (unpaired) electrons. The lowest BCUT2D eigenvalue weighted by Crippen LogP contribution is -2.43. The molecule has 0 spiro atoms. The van der Waals surface area contributed by atoms with Gasteiger partial charge in [-0.15, -0.1) is 0 Å². The van der Waals surface area contributed by atoms with E-state index in [0.717, 1.165) is 0 Å². The lowest BCUT2D eigenvalue weighted by molar-refractivity contribution is -0.144. The van der Waals surface area contributed by atoms with E-state index in [2.05, 4.69) is 21.2 Å². The molecule has 1 N–H and O–H groups in total. The molecule has 0 heterocycles. The first-order valence-corrected chi connectivity index (χ1v) is 6.39. The number of esters is 1. The van der Waals surface area contributed by atoms with Crippen molar-refractivity contribution in [3.8, 4) is 0 Å². The fraction of sp³-hybridized carbons (Fsp3) is 0.333. The van der Waals surface area contributed by atoms with Gasteiger partial charge in [0, 0.05) is 10.9 Å². The zero-order valence-corrected chi connectivity index (χ0v) is 11.1. The number of rotatable bonds is 5. The second-order valence-corrected chi connectivity index (χ2v) is 3.95. The van der Waals surface area contributed by atoms with Crippen LogP contribution in [0.5, 0.6) is 0 Å². The third-order valence-corrected chi connectivity index (χ3v) is 2.71. The topological polar surface area (TPSA) is 55.4 Å². The standard InChI is InChI=1S/C12H14BrNO3/c1-2-17-12(16)10(8-13)14-11(15)9-6-4-3-5-7-9/h3-7,10H,2,8H2,1H3,(H,14,15)/t10-/m0/s1. The zero-order chi connectivity index (χ0) is 12.7. The van der Waals surface area contributed by atoms with Crippen molar-refractivity contribution in [3.63, 3.8) is 0 Å². The normalized spacial score (nSPS) is 11.6. The van der Waals surface area contributed by atoms with E-state index in [-0.39, 0.29) is 5.91 Å². The maximum Gasteiger partial charge on any atom is 0.329 e. The fourth-order valence-electron chi connectivity index (χ4n) is 1.23. The number of hydrogen-bond acceptors (Lipinski definition) is 3. The van der Waals surface area contributed by atoms with E-state index in [4.69, 9.17) is 4.74 Å². The van der Waals surface area contributed by atoms with Crippen LogP contribution in [0.3, 0.4) is 0 Å². The summed E-state index contributed by atoms with van der Waals surface area (Å²) in [6.45, 7) is 2.02. The highest BCUT2D eigenvalue weighted by Gasteiger charge is 2.21. The van der Waals surface area contributed by atoms with Crippen molar-refractivity contribution < 1.29 is 14.3 Å². The van der Waals surface area contributed by atoms with Gasteiger partial charge in [0.2, 0.25) is 0 Å². The van der Waals surface area contributed by atoms with Gasteiger partial charge in [-0.05, 0) is 19.1 Å². The maximum absolute atomic E-state index is 11.8. The molecule has 1 atom stereocenters. The molecule has 0 aliphatic heterocycles. The van der Waals surface area contributed by atoms with Gasteiger partial charge >= 0.3 is 5.97 Å². The van der Waals surface area contributed by atoms with Gasteiger partial charge in [0.05, 0.1) is 6.61 Å². The van der Waals surface area contributed by atoms with E-state index < -0.39 is 12.0 Å². The minimum Gasteiger partial charge on any atom is -0.464 e. The number of alkyl halides is 1. The summed E-state index contributed by atoms with van der Waals surface area (Å²) >= 11 is 3.17. The number of carbonyl (C=O) groups is 2. The van der Waals surface area contributed by atoms with Crippen LogP contribution in [0.2, 0.25) is 0 Å². The van der Waals surface area contributed by atoms with Gasteiger partial charge in [-0.3, -0.25) is 4.79 Å². The predicted molar refractivity (Wildman–Crippen MR) is 68.1 cm³/mol. The molecule has 1 rings (SSSR count). The quantitative estimate of drug-likeness (QED) is 0.666. The number of nitrogens with one attached hydrogen (secondary N) is 1. The van der Waals surface area contributed by atoms with Gasteiger partial charge in [-0.25, -0.2) is 4.79 Å². The highest BCUT2D eigenvalue weighted by atomic mass is 79.9. The van der Waals surface area contributed by atoms with Crippen LogP contribution in [-0.2, 0) is 9.53 Å². The number of halogens is 1. The van der Waals surface area contributed by atoms with Crippen molar-refractivity contribution in [2.75, 3.05) is 11.9 Å². The Hall–Kier alpha value is -1.36. The second kappa shape index (κ2) is 7.06. The minimum absolute atomic E-state index is 0.289. The van der Waals surface area contributed by atoms with Crippen LogP contribution in [0.25, 0.3) is 0 Å². The summed E-state index contributed by atoms with van der Waals surface area (Å²) in [5.41, 5.74) is 0.516. The Kier molecular flexibility index (Phi) is 5.69. The molecule has 0 aliphatic rings. The van der Waals surface area contributed by atoms with Gasteiger partial charge < -0.3 is 10.1 Å². The molecule has 1 amide bonds. The number of ether oxygens (including phenoxy) is 1. The van der Waals surface area contributed by atoms with E-state index >= 15 is 0 Å². The fourth-order valence-corrected chi connectivity index (χ4v) is 1.66. The average molecular weight is 300 g/mol. The Morgan fingerprint density at radius 1 is 1.35 bits per heavy atom. The summed E-state index contributed by atoms with van der Waals surface area (Å²) < 4.78 is 4.85. The Morgan fingerprint density at radius 3 is 2.53 bits per heavy atom. The van der Waals surface area contributed by atoms with Crippen molar-refractivity contribution >= 4 is 27.8 Å². The summed E-state index contributed by atoms with van der Waals surface area (Å²) in [4.78, 5) is 23.3. The molecule has 0 saturated heterocycles. The molecule has 0 aliphatic carbocycles. The number of carbonyl (C=O) groups excluding carboxylic acids is 2. The van der Waals surface area contributed by atoms with Crippen LogP contribution in [0, 0.1) is 0 Å². The van der Waals surface area contributed by atoms with Gasteiger partial charge in [-0.2, -0.15) is 0 Å². The molecule has 1 aromatic rings. The molecule has 1 aromatic carbocycles. The average Bonchev–Trinajstić information content (AvgIpc) is 2.37. The molecular formula is C12H14BrNO3. The summed E-state index contributed by atoms with van der Waals surface area (Å²) in [5.74, 6) is -0.725. The van der Waals surface area contributed by atoms with Gasteiger partial charge in [0.15, 0.2) is 0 Å². The number of amides is 1. The predicted octanol–water partition coefficient (Wildman–Crippen LogP) is 1.74. The molecule has 0 aromatic heterocycles. The van der Waals surface area contributed by atoms with E-state index in [1.165, 1.54) is 0 Å². The smallest absolute Gasteiger partial charge is 0.329 e. The highest BCUT2D eigenvalue weighted by molar-refractivity contribution is 9.09. The Bertz CT molecular complexity index is 381. The van der Waals surface area contributed by atoms with E-state index in [1.807, 2.05) is 6.07 Å². The molecule has 0 bridgehead atoms. The molecule has 17 heavy (non-hydrogen) atoms. The van der Waals surface area contributed by atoms with Gasteiger partial charge in [0.1, 0.15) is 6.04 Å². The lowest BCUT2D eigenvalue weighted by Gasteiger charge is -2.14. The molecule has 5 heteroatoms. The summed E-state index contributed by atoms with van der Waals surface area (Å²) in [6, 6.07) is 8.06. The van der Waals surface area contributed by atoms with Crippen LogP contribution in [0.15, 0.2) is 30.3 Å². The van der Waals surface area contributed by atoms with Crippen molar-refractivity contribution in [1.29, 1.82) is 0 Å². The third kappa shape index (κ3) is 4.19. The number of benzene rings is 1. The van der Waals surface area contributed by atoms with Crippen LogP contribution in [0.1, 0.15) is 17.3 Å². The van der Waals surface area contributed by atoms with Crippen LogP contribution in [0.4, 0.5) is 0 Å². The van der Waals surface area contributed by atoms with Gasteiger partial charge in [-0.1, -0.05) is 34.1 Å². The van der Waals surface area contributed by atoms with Crippen molar-refractivity contribution in [2.45, 2.75) is 13.0 Å². The first-order valence-electron chi connectivity index (χ1n) is 5.27. The second-order valence-electron chi connectivity index (χ2n) is 3.30. The Morgan fingerprint density at radius 2 is 2.00 bits per heavy atom. The summed E-state index contributed by atoms with van der Waals surface area (Å²) in [5, 5.41) is 2.93. The van der Waals surface area contributed by atoms with Crippen molar-refractivity contribution in [2.24, 2.45) is 0 Å². The van der Waals surface area contributed by atoms with Crippen LogP contribution < -0.4 is 5.32 Å². The molecule has 92 valence electrons. The first-order chi connectivity index (χ1) is 8.19. The largest absolute Gasteiger partial charge is 0.464 e. The molecular weight excluding hydrogens is 286 g/mol. The summed E-state index contributed by atoms with van der Waals surface area (Å²) in [6.07, 6.45) is 0. The monoisotopic (exact) mass is 299 g/mol. The maximum atomic E-state index is 11.8. The minimum atomic E-state index is -0.664. The molecule has 0 saturated carbocycles. The zero-order valence-electron chi connectivity index (χ0n) is 9.48. The Balaban J connectivity index is 2.63. The molecule has 0 unspecified atom stereocenters. The highest BCUT2D eigenvalue weighted by Crippen LogP contribution is 2.01. The molecule has 0 fully saturated rings. The van der Waals surface area contributed by atoms with E-state index in [9.17, 15) is 9.59 Å².